The molecule has 0 amide bonds. The topological polar surface area (TPSA) is 64.1 Å². The molecule has 0 aromatic carbocycles. The summed E-state index contributed by atoms with van der Waals surface area (Å²) >= 11 is -3.79. The Kier molecular flexibility index (Phi) is 5.35. The van der Waals surface area contributed by atoms with Crippen molar-refractivity contribution in [3.8, 4) is 0 Å². The summed E-state index contributed by atoms with van der Waals surface area (Å²) in [7, 11) is 0. The van der Waals surface area contributed by atoms with Crippen LogP contribution in [0.5, 0.6) is 0 Å². The van der Waals surface area contributed by atoms with Crippen LogP contribution in [0.15, 0.2) is 24.5 Å². The molecule has 0 atom stereocenters. The quantitative estimate of drug-likeness (QED) is 0.617. The molecule has 0 radical (unpaired) electrons. The number of nitrogens with zero attached hydrogens (tertiary/aromatic N) is 1. The zero-order valence-electron chi connectivity index (χ0n) is 5.89. The molecule has 1 aromatic heterocycles. The van der Waals surface area contributed by atoms with Gasteiger partial charge in [-0.05, 0) is 24.6 Å². The van der Waals surface area contributed by atoms with Gasteiger partial charge in [-0.3, -0.25) is 4.98 Å². The molecule has 0 spiro atoms. The first-order chi connectivity index (χ1) is 5.13. The summed E-state index contributed by atoms with van der Waals surface area (Å²) in [5, 5.41) is 0. The van der Waals surface area contributed by atoms with Crippen LogP contribution >= 0.6 is 0 Å². The molecule has 0 saturated carbocycles. The Morgan fingerprint density at radius 2 is 1.55 bits per heavy atom. The molecule has 1 heterocycles. The SMILES string of the molecule is Cc1ccncc1.[O]=[Cr](=[O])=[O]. The summed E-state index contributed by atoms with van der Waals surface area (Å²) in [6, 6.07) is 3.94. The maximum absolute atomic E-state index is 8.54. The van der Waals surface area contributed by atoms with Crippen LogP contribution < -0.4 is 0 Å². The molecule has 60 valence electrons. The minimum atomic E-state index is -3.79. The Morgan fingerprint density at radius 1 is 1.18 bits per heavy atom. The van der Waals surface area contributed by atoms with E-state index in [9.17, 15) is 0 Å². The minimum absolute atomic E-state index is 1.26. The normalized spacial score (nSPS) is 7.73. The predicted molar refractivity (Wildman–Crippen MR) is 31.0 cm³/mol. The van der Waals surface area contributed by atoms with E-state index in [1.807, 2.05) is 19.1 Å². The molecule has 1 rings (SSSR count). The van der Waals surface area contributed by atoms with Gasteiger partial charge in [0.2, 0.25) is 0 Å². The predicted octanol–water partition coefficient (Wildman–Crippen LogP) is 1.03. The van der Waals surface area contributed by atoms with Gasteiger partial charge in [-0.25, -0.2) is 0 Å². The molecular formula is C6H7CrNO3. The third-order valence-electron chi connectivity index (χ3n) is 0.847. The van der Waals surface area contributed by atoms with E-state index in [0.29, 0.717) is 0 Å². The van der Waals surface area contributed by atoms with Crippen LogP contribution in [0, 0.1) is 6.92 Å². The average molecular weight is 193 g/mol. The van der Waals surface area contributed by atoms with Crippen LogP contribution in [0.3, 0.4) is 0 Å². The summed E-state index contributed by atoms with van der Waals surface area (Å²) in [4.78, 5) is 3.85. The second kappa shape index (κ2) is 5.84. The van der Waals surface area contributed by atoms with Crippen molar-refractivity contribution in [3.63, 3.8) is 0 Å². The number of aryl methyl sites for hydroxylation is 1. The molecule has 0 N–H and O–H groups in total. The standard InChI is InChI=1S/C6H7N.Cr.3O/c1-6-2-4-7-5-3-6;;;;/h2-5H,1H3;;;;. The second-order valence-corrected chi connectivity index (χ2v) is 2.37. The first-order valence-electron chi connectivity index (χ1n) is 2.76. The van der Waals surface area contributed by atoms with Gasteiger partial charge in [0.15, 0.2) is 0 Å². The average Bonchev–Trinajstić information content (AvgIpc) is 1.87. The fourth-order valence-corrected chi connectivity index (χ4v) is 0.426. The summed E-state index contributed by atoms with van der Waals surface area (Å²) in [6.45, 7) is 2.04. The Balaban J connectivity index is 0.000000218. The third kappa shape index (κ3) is 9.08. The van der Waals surface area contributed by atoms with Crippen molar-refractivity contribution in [1.29, 1.82) is 0 Å². The first-order valence-corrected chi connectivity index (χ1v) is 4.32. The molecule has 4 nitrogen and oxygen atoms in total. The fourth-order valence-electron chi connectivity index (χ4n) is 0.426. The van der Waals surface area contributed by atoms with Crippen LogP contribution in [-0.2, 0) is 25.4 Å². The first kappa shape index (κ1) is 10.1. The van der Waals surface area contributed by atoms with Gasteiger partial charge in [0.05, 0.1) is 0 Å². The molecule has 0 aliphatic carbocycles. The van der Waals surface area contributed by atoms with Crippen LogP contribution in [0.4, 0.5) is 0 Å². The van der Waals surface area contributed by atoms with Gasteiger partial charge in [-0.15, -0.1) is 0 Å². The van der Waals surface area contributed by atoms with Crippen LogP contribution in [0.2, 0.25) is 0 Å². The Bertz CT molecular complexity index is 284. The summed E-state index contributed by atoms with van der Waals surface area (Å²) in [5.41, 5.74) is 1.26. The number of pyridine rings is 1. The number of rotatable bonds is 0. The fraction of sp³-hybridized carbons (Fsp3) is 0.167. The molecule has 0 aliphatic rings. The van der Waals surface area contributed by atoms with Crippen molar-refractivity contribution < 1.29 is 25.4 Å². The zero-order valence-corrected chi connectivity index (χ0v) is 7.16. The monoisotopic (exact) mass is 193 g/mol. The van der Waals surface area contributed by atoms with Crippen molar-refractivity contribution in [1.82, 2.24) is 4.98 Å². The van der Waals surface area contributed by atoms with Gasteiger partial charge in [0.25, 0.3) is 0 Å². The summed E-state index contributed by atoms with van der Waals surface area (Å²) in [5.74, 6) is 0. The van der Waals surface area contributed by atoms with Gasteiger partial charge in [0, 0.05) is 12.4 Å². The third-order valence-corrected chi connectivity index (χ3v) is 0.847. The van der Waals surface area contributed by atoms with E-state index in [4.69, 9.17) is 11.4 Å². The van der Waals surface area contributed by atoms with E-state index in [1.54, 1.807) is 12.4 Å². The van der Waals surface area contributed by atoms with Gasteiger partial charge in [-0.1, -0.05) is 0 Å². The molecule has 0 fully saturated rings. The Morgan fingerprint density at radius 3 is 1.73 bits per heavy atom. The molecule has 0 aliphatic heterocycles. The molecule has 11 heavy (non-hydrogen) atoms. The number of hydrogen-bond acceptors (Lipinski definition) is 4. The van der Waals surface area contributed by atoms with Gasteiger partial charge >= 0.3 is 25.4 Å². The van der Waals surface area contributed by atoms with E-state index in [0.717, 1.165) is 0 Å². The number of aromatic nitrogens is 1. The molecule has 0 saturated heterocycles. The van der Waals surface area contributed by atoms with E-state index in [2.05, 4.69) is 4.98 Å². The van der Waals surface area contributed by atoms with E-state index < -0.39 is 14.0 Å². The molecule has 1 aromatic rings. The van der Waals surface area contributed by atoms with Crippen molar-refractivity contribution in [2.75, 3.05) is 0 Å². The van der Waals surface area contributed by atoms with Gasteiger partial charge in [-0.2, -0.15) is 0 Å². The summed E-state index contributed by atoms with van der Waals surface area (Å²) < 4.78 is 25.6. The molecular weight excluding hydrogens is 186 g/mol. The van der Waals surface area contributed by atoms with Gasteiger partial charge < -0.3 is 0 Å². The van der Waals surface area contributed by atoms with Crippen molar-refractivity contribution in [2.24, 2.45) is 0 Å². The number of hydrogen-bond donors (Lipinski definition) is 0. The Labute approximate surface area is 67.9 Å². The summed E-state index contributed by atoms with van der Waals surface area (Å²) in [6.07, 6.45) is 3.57. The van der Waals surface area contributed by atoms with E-state index in [-0.39, 0.29) is 0 Å². The molecule has 5 heteroatoms. The van der Waals surface area contributed by atoms with Crippen molar-refractivity contribution >= 4 is 0 Å². The van der Waals surface area contributed by atoms with Crippen LogP contribution in [-0.4, -0.2) is 4.98 Å². The van der Waals surface area contributed by atoms with Crippen LogP contribution in [0.25, 0.3) is 0 Å². The van der Waals surface area contributed by atoms with E-state index >= 15 is 0 Å². The molecule has 0 bridgehead atoms. The Hall–Kier alpha value is -0.918. The maximum atomic E-state index is 8.54. The second-order valence-electron chi connectivity index (χ2n) is 1.73. The van der Waals surface area contributed by atoms with Crippen molar-refractivity contribution in [3.05, 3.63) is 30.1 Å². The van der Waals surface area contributed by atoms with Crippen LogP contribution in [0.1, 0.15) is 5.56 Å². The van der Waals surface area contributed by atoms with E-state index in [1.165, 1.54) is 5.56 Å². The zero-order chi connectivity index (χ0) is 8.69. The van der Waals surface area contributed by atoms with Crippen molar-refractivity contribution in [2.45, 2.75) is 6.92 Å². The molecule has 0 unspecified atom stereocenters. The van der Waals surface area contributed by atoms with Gasteiger partial charge in [0.1, 0.15) is 0 Å².